The Morgan fingerprint density at radius 3 is 2.96 bits per heavy atom. The molecule has 2 N–H and O–H groups in total. The van der Waals surface area contributed by atoms with Crippen molar-refractivity contribution in [2.24, 2.45) is 4.99 Å². The Bertz CT molecular complexity index is 817. The summed E-state index contributed by atoms with van der Waals surface area (Å²) in [6.07, 6.45) is 6.61. The maximum atomic E-state index is 6.03. The molecule has 1 unspecified atom stereocenters. The lowest BCUT2D eigenvalue weighted by atomic mass is 10.2. The summed E-state index contributed by atoms with van der Waals surface area (Å²) in [5.74, 6) is 1.81. The first-order chi connectivity index (χ1) is 13.7. The standard InChI is InChI=1S/C20H27ClN6O/c1-22-20(24-16-9-10-27(13-16)17-7-2-3-8-17)23-12-18-25-19(26-28-18)14-5-4-6-15(21)11-14/h4-6,11,16-17H,2-3,7-10,12-13H2,1H3,(H2,22,23,24). The molecule has 2 aliphatic rings. The Labute approximate surface area is 170 Å². The Kier molecular flexibility index (Phi) is 6.12. The van der Waals surface area contributed by atoms with Gasteiger partial charge in [0.25, 0.3) is 0 Å². The number of nitrogens with one attached hydrogen (secondary N) is 2. The van der Waals surface area contributed by atoms with Crippen molar-refractivity contribution in [2.45, 2.75) is 50.7 Å². The summed E-state index contributed by atoms with van der Waals surface area (Å²) >= 11 is 6.03. The first-order valence-electron chi connectivity index (χ1n) is 10.0. The van der Waals surface area contributed by atoms with Crippen molar-refractivity contribution in [3.05, 3.63) is 35.2 Å². The third kappa shape index (κ3) is 4.64. The van der Waals surface area contributed by atoms with E-state index in [1.54, 1.807) is 7.05 Å². The summed E-state index contributed by atoms with van der Waals surface area (Å²) in [5, 5.41) is 11.5. The van der Waals surface area contributed by atoms with Gasteiger partial charge >= 0.3 is 0 Å². The summed E-state index contributed by atoms with van der Waals surface area (Å²) in [7, 11) is 1.78. The van der Waals surface area contributed by atoms with Crippen LogP contribution in [-0.2, 0) is 6.54 Å². The van der Waals surface area contributed by atoms with Gasteiger partial charge in [0.15, 0.2) is 5.96 Å². The Hall–Kier alpha value is -2.12. The number of benzene rings is 1. The van der Waals surface area contributed by atoms with Gasteiger partial charge in [0.1, 0.15) is 0 Å². The molecule has 1 atom stereocenters. The van der Waals surface area contributed by atoms with Gasteiger partial charge < -0.3 is 15.2 Å². The topological polar surface area (TPSA) is 78.6 Å². The molecule has 150 valence electrons. The van der Waals surface area contributed by atoms with E-state index in [2.05, 4.69) is 30.7 Å². The van der Waals surface area contributed by atoms with E-state index >= 15 is 0 Å². The summed E-state index contributed by atoms with van der Waals surface area (Å²) in [6, 6.07) is 8.63. The van der Waals surface area contributed by atoms with Crippen LogP contribution < -0.4 is 10.6 Å². The minimum atomic E-state index is 0.423. The Morgan fingerprint density at radius 1 is 1.32 bits per heavy atom. The van der Waals surface area contributed by atoms with Crippen molar-refractivity contribution in [2.75, 3.05) is 20.1 Å². The highest BCUT2D eigenvalue weighted by molar-refractivity contribution is 6.30. The lowest BCUT2D eigenvalue weighted by molar-refractivity contribution is 0.242. The zero-order valence-electron chi connectivity index (χ0n) is 16.2. The second kappa shape index (κ2) is 8.92. The first-order valence-corrected chi connectivity index (χ1v) is 10.4. The van der Waals surface area contributed by atoms with Gasteiger partial charge in [-0.05, 0) is 31.4 Å². The van der Waals surface area contributed by atoms with E-state index in [1.165, 1.54) is 32.2 Å². The third-order valence-corrected chi connectivity index (χ3v) is 5.82. The quantitative estimate of drug-likeness (QED) is 0.591. The number of aromatic nitrogens is 2. The average molecular weight is 403 g/mol. The number of rotatable bonds is 5. The van der Waals surface area contributed by atoms with Crippen LogP contribution in [0.15, 0.2) is 33.8 Å². The van der Waals surface area contributed by atoms with E-state index in [0.29, 0.717) is 29.3 Å². The third-order valence-electron chi connectivity index (χ3n) is 5.58. The fourth-order valence-corrected chi connectivity index (χ4v) is 4.32. The van der Waals surface area contributed by atoms with E-state index in [9.17, 15) is 0 Å². The van der Waals surface area contributed by atoms with Crippen molar-refractivity contribution in [1.29, 1.82) is 0 Å². The van der Waals surface area contributed by atoms with Gasteiger partial charge in [-0.3, -0.25) is 9.89 Å². The predicted molar refractivity (Wildman–Crippen MR) is 110 cm³/mol. The molecule has 8 heteroatoms. The van der Waals surface area contributed by atoms with Crippen LogP contribution in [0.2, 0.25) is 5.02 Å². The molecule has 7 nitrogen and oxygen atoms in total. The molecular formula is C20H27ClN6O. The summed E-state index contributed by atoms with van der Waals surface area (Å²) in [4.78, 5) is 11.4. The molecule has 0 spiro atoms. The van der Waals surface area contributed by atoms with Gasteiger partial charge in [-0.1, -0.05) is 41.7 Å². The second-order valence-corrected chi connectivity index (χ2v) is 7.95. The molecule has 1 aliphatic carbocycles. The fraction of sp³-hybridized carbons (Fsp3) is 0.550. The van der Waals surface area contributed by atoms with Crippen LogP contribution in [-0.4, -0.2) is 53.2 Å². The number of hydrogen-bond donors (Lipinski definition) is 2. The van der Waals surface area contributed by atoms with E-state index in [0.717, 1.165) is 30.5 Å². The normalized spacial score (nSPS) is 21.4. The Balaban J connectivity index is 1.28. The molecule has 0 bridgehead atoms. The van der Waals surface area contributed by atoms with Crippen molar-refractivity contribution in [3.63, 3.8) is 0 Å². The smallest absolute Gasteiger partial charge is 0.246 e. The van der Waals surface area contributed by atoms with Crippen molar-refractivity contribution < 1.29 is 4.52 Å². The van der Waals surface area contributed by atoms with Crippen LogP contribution in [0.5, 0.6) is 0 Å². The molecular weight excluding hydrogens is 376 g/mol. The number of hydrogen-bond acceptors (Lipinski definition) is 5. The molecule has 0 amide bonds. The predicted octanol–water partition coefficient (Wildman–Crippen LogP) is 3.07. The zero-order valence-corrected chi connectivity index (χ0v) is 17.0. The van der Waals surface area contributed by atoms with E-state index in [1.807, 2.05) is 24.3 Å². The van der Waals surface area contributed by atoms with Gasteiger partial charge in [-0.15, -0.1) is 0 Å². The molecule has 1 aromatic heterocycles. The average Bonchev–Trinajstić information content (AvgIpc) is 3.46. The lowest BCUT2D eigenvalue weighted by Gasteiger charge is -2.24. The minimum Gasteiger partial charge on any atom is -0.352 e. The maximum Gasteiger partial charge on any atom is 0.246 e. The summed E-state index contributed by atoms with van der Waals surface area (Å²) in [6.45, 7) is 2.68. The minimum absolute atomic E-state index is 0.423. The maximum absolute atomic E-state index is 6.03. The van der Waals surface area contributed by atoms with Crippen LogP contribution in [0.4, 0.5) is 0 Å². The van der Waals surface area contributed by atoms with Crippen molar-refractivity contribution >= 4 is 17.6 Å². The SMILES string of the molecule is CN=C(NCc1nc(-c2cccc(Cl)c2)no1)NC1CCN(C2CCCC2)C1. The van der Waals surface area contributed by atoms with Crippen LogP contribution in [0.3, 0.4) is 0 Å². The van der Waals surface area contributed by atoms with Gasteiger partial charge in [-0.25, -0.2) is 0 Å². The number of halogens is 1. The van der Waals surface area contributed by atoms with Crippen LogP contribution in [0.25, 0.3) is 11.4 Å². The highest BCUT2D eigenvalue weighted by Crippen LogP contribution is 2.26. The van der Waals surface area contributed by atoms with Gasteiger partial charge in [0, 0.05) is 42.8 Å². The van der Waals surface area contributed by atoms with Gasteiger partial charge in [0.2, 0.25) is 11.7 Å². The Morgan fingerprint density at radius 2 is 2.18 bits per heavy atom. The zero-order chi connectivity index (χ0) is 19.3. The molecule has 1 aliphatic heterocycles. The molecule has 1 aromatic carbocycles. The molecule has 2 heterocycles. The molecule has 28 heavy (non-hydrogen) atoms. The fourth-order valence-electron chi connectivity index (χ4n) is 4.12. The monoisotopic (exact) mass is 402 g/mol. The molecule has 2 fully saturated rings. The summed E-state index contributed by atoms with van der Waals surface area (Å²) in [5.41, 5.74) is 0.836. The first kappa shape index (κ1) is 19.2. The molecule has 1 saturated carbocycles. The number of nitrogens with zero attached hydrogens (tertiary/aromatic N) is 4. The van der Waals surface area contributed by atoms with Crippen LogP contribution >= 0.6 is 11.6 Å². The number of likely N-dealkylation sites (tertiary alicyclic amines) is 1. The lowest BCUT2D eigenvalue weighted by Crippen LogP contribution is -2.45. The molecule has 2 aromatic rings. The van der Waals surface area contributed by atoms with E-state index in [4.69, 9.17) is 16.1 Å². The van der Waals surface area contributed by atoms with Crippen molar-refractivity contribution in [1.82, 2.24) is 25.7 Å². The second-order valence-electron chi connectivity index (χ2n) is 7.51. The van der Waals surface area contributed by atoms with E-state index in [-0.39, 0.29) is 0 Å². The molecule has 0 radical (unpaired) electrons. The van der Waals surface area contributed by atoms with Gasteiger partial charge in [0.05, 0.1) is 6.54 Å². The number of guanidine groups is 1. The number of aliphatic imine (C=N–C) groups is 1. The highest BCUT2D eigenvalue weighted by atomic mass is 35.5. The summed E-state index contributed by atoms with van der Waals surface area (Å²) < 4.78 is 5.35. The van der Waals surface area contributed by atoms with Gasteiger partial charge in [-0.2, -0.15) is 4.98 Å². The molecule has 4 rings (SSSR count). The van der Waals surface area contributed by atoms with Crippen LogP contribution in [0.1, 0.15) is 38.0 Å². The van der Waals surface area contributed by atoms with E-state index < -0.39 is 0 Å². The molecule has 1 saturated heterocycles. The van der Waals surface area contributed by atoms with Crippen molar-refractivity contribution in [3.8, 4) is 11.4 Å². The van der Waals surface area contributed by atoms with Crippen LogP contribution in [0, 0.1) is 0 Å². The highest BCUT2D eigenvalue weighted by Gasteiger charge is 2.30. The largest absolute Gasteiger partial charge is 0.352 e.